The minimum absolute atomic E-state index is 0.120. The quantitative estimate of drug-likeness (QED) is 0.595. The molecule has 1 aliphatic rings. The predicted molar refractivity (Wildman–Crippen MR) is 108 cm³/mol. The van der Waals surface area contributed by atoms with Crippen molar-refractivity contribution >= 4 is 33.4 Å². The number of ether oxygens (including phenoxy) is 1. The van der Waals surface area contributed by atoms with E-state index in [1.54, 1.807) is 11.8 Å². The molecule has 0 saturated heterocycles. The number of nitrogens with zero attached hydrogens (tertiary/aromatic N) is 4. The van der Waals surface area contributed by atoms with Crippen LogP contribution in [0.2, 0.25) is 0 Å². The third-order valence-corrected chi connectivity index (χ3v) is 5.22. The zero-order valence-electron chi connectivity index (χ0n) is 14.4. The van der Waals surface area contributed by atoms with Crippen molar-refractivity contribution in [2.75, 3.05) is 5.75 Å². The molecule has 0 radical (unpaired) electrons. The summed E-state index contributed by atoms with van der Waals surface area (Å²) in [5.74, 6) is 2.30. The summed E-state index contributed by atoms with van der Waals surface area (Å²) in [6.45, 7) is 4.02. The standard InChI is InChI=1S/C19H17BrN4OS/c1-12(2)25-16-8-4-6-14(10-16)18-21-22-19-24(18)23-17(11-26-19)13-5-3-7-15(20)9-13/h3-10,12H,11H2,1-2H3. The maximum Gasteiger partial charge on any atom is 0.212 e. The highest BCUT2D eigenvalue weighted by Gasteiger charge is 2.21. The summed E-state index contributed by atoms with van der Waals surface area (Å²) in [4.78, 5) is 0. The lowest BCUT2D eigenvalue weighted by molar-refractivity contribution is 0.242. The average molecular weight is 429 g/mol. The molecule has 0 spiro atoms. The molecule has 5 nitrogen and oxygen atoms in total. The van der Waals surface area contributed by atoms with Crippen LogP contribution in [-0.4, -0.2) is 32.4 Å². The molecule has 2 heterocycles. The van der Waals surface area contributed by atoms with Crippen molar-refractivity contribution in [3.8, 4) is 17.1 Å². The fourth-order valence-electron chi connectivity index (χ4n) is 2.70. The fourth-order valence-corrected chi connectivity index (χ4v) is 3.94. The van der Waals surface area contributed by atoms with Gasteiger partial charge in [0, 0.05) is 15.8 Å². The van der Waals surface area contributed by atoms with E-state index in [1.807, 2.05) is 54.9 Å². The van der Waals surface area contributed by atoms with Crippen molar-refractivity contribution in [1.82, 2.24) is 14.9 Å². The molecule has 0 unspecified atom stereocenters. The van der Waals surface area contributed by atoms with Crippen molar-refractivity contribution in [2.24, 2.45) is 5.10 Å². The molecule has 0 saturated carbocycles. The predicted octanol–water partition coefficient (Wildman–Crippen LogP) is 4.85. The molecule has 0 amide bonds. The largest absolute Gasteiger partial charge is 0.491 e. The smallest absolute Gasteiger partial charge is 0.212 e. The molecule has 3 aromatic rings. The Hall–Kier alpha value is -2.12. The molecule has 0 N–H and O–H groups in total. The monoisotopic (exact) mass is 428 g/mol. The number of benzene rings is 2. The third kappa shape index (κ3) is 3.54. The molecule has 1 aliphatic heterocycles. The number of fused-ring (bicyclic) bond motifs is 1. The van der Waals surface area contributed by atoms with E-state index in [2.05, 4.69) is 38.3 Å². The Morgan fingerprint density at radius 3 is 2.69 bits per heavy atom. The Labute approximate surface area is 164 Å². The van der Waals surface area contributed by atoms with Gasteiger partial charge in [0.15, 0.2) is 5.82 Å². The normalized spacial score (nSPS) is 13.5. The molecule has 0 atom stereocenters. The lowest BCUT2D eigenvalue weighted by atomic mass is 10.1. The van der Waals surface area contributed by atoms with E-state index in [-0.39, 0.29) is 6.10 Å². The van der Waals surface area contributed by atoms with Crippen LogP contribution in [0.1, 0.15) is 19.4 Å². The minimum atomic E-state index is 0.120. The fraction of sp³-hybridized carbons (Fsp3) is 0.211. The highest BCUT2D eigenvalue weighted by Crippen LogP contribution is 2.30. The summed E-state index contributed by atoms with van der Waals surface area (Å²) in [5.41, 5.74) is 3.02. The average Bonchev–Trinajstić information content (AvgIpc) is 3.04. The van der Waals surface area contributed by atoms with Crippen LogP contribution in [-0.2, 0) is 0 Å². The van der Waals surface area contributed by atoms with Crippen LogP contribution in [0.15, 0.2) is 63.3 Å². The highest BCUT2D eigenvalue weighted by molar-refractivity contribution is 9.10. The second-order valence-corrected chi connectivity index (χ2v) is 8.02. The summed E-state index contributed by atoms with van der Waals surface area (Å²) in [7, 11) is 0. The summed E-state index contributed by atoms with van der Waals surface area (Å²) in [6.07, 6.45) is 0.120. The Bertz CT molecular complexity index is 983. The first kappa shape index (κ1) is 17.3. The van der Waals surface area contributed by atoms with Gasteiger partial charge in [-0.1, -0.05) is 52.0 Å². The van der Waals surface area contributed by atoms with Gasteiger partial charge in [-0.05, 0) is 43.7 Å². The van der Waals surface area contributed by atoms with Crippen LogP contribution in [0.3, 0.4) is 0 Å². The molecular formula is C19H17BrN4OS. The molecule has 7 heteroatoms. The summed E-state index contributed by atoms with van der Waals surface area (Å²) in [5, 5.41) is 14.3. The second kappa shape index (κ2) is 7.25. The number of halogens is 1. The molecule has 4 rings (SSSR count). The number of hydrogen-bond acceptors (Lipinski definition) is 5. The van der Waals surface area contributed by atoms with E-state index in [0.29, 0.717) is 5.82 Å². The van der Waals surface area contributed by atoms with Gasteiger partial charge in [-0.2, -0.15) is 9.78 Å². The molecule has 1 aromatic heterocycles. The summed E-state index contributed by atoms with van der Waals surface area (Å²) < 4.78 is 8.65. The zero-order valence-corrected chi connectivity index (χ0v) is 16.8. The SMILES string of the molecule is CC(C)Oc1cccc(-c2nnc3n2N=C(c2cccc(Br)c2)CS3)c1. The van der Waals surface area contributed by atoms with Gasteiger partial charge in [0.05, 0.1) is 11.8 Å². The lowest BCUT2D eigenvalue weighted by Crippen LogP contribution is -2.13. The molecular weight excluding hydrogens is 412 g/mol. The Balaban J connectivity index is 1.74. The van der Waals surface area contributed by atoms with Gasteiger partial charge in [-0.15, -0.1) is 10.2 Å². The van der Waals surface area contributed by atoms with Gasteiger partial charge in [0.2, 0.25) is 5.16 Å². The maximum atomic E-state index is 5.80. The maximum absolute atomic E-state index is 5.80. The molecule has 2 aromatic carbocycles. The number of aromatic nitrogens is 3. The number of hydrogen-bond donors (Lipinski definition) is 0. The van der Waals surface area contributed by atoms with E-state index in [1.165, 1.54) is 0 Å². The van der Waals surface area contributed by atoms with Crippen molar-refractivity contribution in [1.29, 1.82) is 0 Å². The van der Waals surface area contributed by atoms with Crippen LogP contribution in [0.25, 0.3) is 11.4 Å². The van der Waals surface area contributed by atoms with E-state index < -0.39 is 0 Å². The molecule has 0 aliphatic carbocycles. The van der Waals surface area contributed by atoms with Crippen LogP contribution in [0.5, 0.6) is 5.75 Å². The van der Waals surface area contributed by atoms with E-state index >= 15 is 0 Å². The van der Waals surface area contributed by atoms with Gasteiger partial charge < -0.3 is 4.74 Å². The molecule has 132 valence electrons. The first-order valence-electron chi connectivity index (χ1n) is 8.29. The van der Waals surface area contributed by atoms with Crippen LogP contribution in [0.4, 0.5) is 0 Å². The lowest BCUT2D eigenvalue weighted by Gasteiger charge is -2.15. The second-order valence-electron chi connectivity index (χ2n) is 6.16. The zero-order chi connectivity index (χ0) is 18.1. The van der Waals surface area contributed by atoms with Gasteiger partial charge in [-0.25, -0.2) is 0 Å². The minimum Gasteiger partial charge on any atom is -0.491 e. The highest BCUT2D eigenvalue weighted by atomic mass is 79.9. The third-order valence-electron chi connectivity index (χ3n) is 3.79. The molecule has 26 heavy (non-hydrogen) atoms. The van der Waals surface area contributed by atoms with E-state index in [4.69, 9.17) is 9.84 Å². The van der Waals surface area contributed by atoms with Crippen molar-refractivity contribution in [3.05, 3.63) is 58.6 Å². The van der Waals surface area contributed by atoms with Crippen LogP contribution < -0.4 is 4.74 Å². The van der Waals surface area contributed by atoms with E-state index in [0.717, 1.165) is 38.0 Å². The van der Waals surface area contributed by atoms with Gasteiger partial charge in [-0.3, -0.25) is 0 Å². The Morgan fingerprint density at radius 1 is 1.08 bits per heavy atom. The molecule has 0 fully saturated rings. The Kier molecular flexibility index (Phi) is 4.82. The first-order chi connectivity index (χ1) is 12.6. The van der Waals surface area contributed by atoms with Crippen LogP contribution in [0, 0.1) is 0 Å². The van der Waals surface area contributed by atoms with Gasteiger partial charge in [0.25, 0.3) is 0 Å². The van der Waals surface area contributed by atoms with Gasteiger partial charge in [0.1, 0.15) is 5.75 Å². The topological polar surface area (TPSA) is 52.3 Å². The van der Waals surface area contributed by atoms with Crippen LogP contribution >= 0.6 is 27.7 Å². The number of thioether (sulfide) groups is 1. The first-order valence-corrected chi connectivity index (χ1v) is 10.1. The molecule has 0 bridgehead atoms. The van der Waals surface area contributed by atoms with E-state index in [9.17, 15) is 0 Å². The Morgan fingerprint density at radius 2 is 1.88 bits per heavy atom. The van der Waals surface area contributed by atoms with Gasteiger partial charge >= 0.3 is 0 Å². The number of rotatable bonds is 4. The summed E-state index contributed by atoms with van der Waals surface area (Å²) >= 11 is 5.16. The van der Waals surface area contributed by atoms with Crippen molar-refractivity contribution < 1.29 is 4.74 Å². The van der Waals surface area contributed by atoms with Crippen molar-refractivity contribution in [2.45, 2.75) is 25.1 Å². The van der Waals surface area contributed by atoms with Crippen molar-refractivity contribution in [3.63, 3.8) is 0 Å². The summed E-state index contributed by atoms with van der Waals surface area (Å²) in [6, 6.07) is 16.0.